The van der Waals surface area contributed by atoms with Crippen molar-refractivity contribution in [2.45, 2.75) is 45.1 Å². The topological polar surface area (TPSA) is 61.9 Å². The molecule has 6 nitrogen and oxygen atoms in total. The molecule has 1 aromatic rings. The molecule has 0 spiro atoms. The number of benzene rings is 1. The van der Waals surface area contributed by atoms with Gasteiger partial charge >= 0.3 is 6.03 Å². The normalized spacial score (nSPS) is 20.3. The van der Waals surface area contributed by atoms with Crippen molar-refractivity contribution in [2.24, 2.45) is 0 Å². The van der Waals surface area contributed by atoms with Crippen LogP contribution in [0.5, 0.6) is 5.75 Å². The van der Waals surface area contributed by atoms with Crippen LogP contribution < -0.4 is 15.0 Å². The third kappa shape index (κ3) is 4.62. The molecular formula is C21H29N3O3. The summed E-state index contributed by atoms with van der Waals surface area (Å²) in [5, 5.41) is 2.98. The van der Waals surface area contributed by atoms with Crippen LogP contribution in [0.25, 0.3) is 0 Å². The lowest BCUT2D eigenvalue weighted by Gasteiger charge is -2.39. The quantitative estimate of drug-likeness (QED) is 0.808. The molecule has 1 saturated heterocycles. The molecule has 2 aliphatic rings. The van der Waals surface area contributed by atoms with Crippen molar-refractivity contribution < 1.29 is 14.3 Å². The summed E-state index contributed by atoms with van der Waals surface area (Å²) >= 11 is 0. The first-order chi connectivity index (χ1) is 13.1. The van der Waals surface area contributed by atoms with Crippen molar-refractivity contribution in [3.8, 4) is 5.75 Å². The molecular weight excluding hydrogens is 342 g/mol. The number of rotatable bonds is 5. The van der Waals surface area contributed by atoms with Crippen LogP contribution in [0.15, 0.2) is 35.9 Å². The zero-order valence-corrected chi connectivity index (χ0v) is 16.2. The number of allylic oxidation sites excluding steroid dienone is 1. The van der Waals surface area contributed by atoms with Crippen LogP contribution in [0.4, 0.5) is 10.5 Å². The Hall–Kier alpha value is -2.50. The molecule has 1 N–H and O–H groups in total. The molecule has 1 heterocycles. The van der Waals surface area contributed by atoms with E-state index in [0.717, 1.165) is 30.7 Å². The molecule has 1 fully saturated rings. The monoisotopic (exact) mass is 371 g/mol. The summed E-state index contributed by atoms with van der Waals surface area (Å²) in [5.41, 5.74) is 2.27. The van der Waals surface area contributed by atoms with Gasteiger partial charge in [-0.3, -0.25) is 4.79 Å². The number of nitrogens with one attached hydrogen (secondary N) is 1. The minimum Gasteiger partial charge on any atom is -0.497 e. The van der Waals surface area contributed by atoms with Crippen LogP contribution >= 0.6 is 0 Å². The molecule has 0 radical (unpaired) electrons. The van der Waals surface area contributed by atoms with Gasteiger partial charge in [0.05, 0.1) is 7.11 Å². The number of piperazine rings is 1. The summed E-state index contributed by atoms with van der Waals surface area (Å²) in [4.78, 5) is 28.7. The van der Waals surface area contributed by atoms with Gasteiger partial charge in [-0.05, 0) is 63.3 Å². The van der Waals surface area contributed by atoms with E-state index in [4.69, 9.17) is 4.74 Å². The predicted octanol–water partition coefficient (Wildman–Crippen LogP) is 3.33. The minimum atomic E-state index is -0.477. The van der Waals surface area contributed by atoms with Gasteiger partial charge in [-0.2, -0.15) is 0 Å². The van der Waals surface area contributed by atoms with Crippen LogP contribution in [0.2, 0.25) is 0 Å². The molecule has 0 bridgehead atoms. The summed E-state index contributed by atoms with van der Waals surface area (Å²) in [6, 6.07) is 6.80. The molecule has 1 aliphatic heterocycles. The van der Waals surface area contributed by atoms with Gasteiger partial charge in [0.2, 0.25) is 5.91 Å². The highest BCUT2D eigenvalue weighted by Gasteiger charge is 2.34. The fourth-order valence-electron chi connectivity index (χ4n) is 3.73. The lowest BCUT2D eigenvalue weighted by Crippen LogP contribution is -2.59. The lowest BCUT2D eigenvalue weighted by atomic mass is 9.97. The lowest BCUT2D eigenvalue weighted by molar-refractivity contribution is -0.124. The molecule has 1 unspecified atom stereocenters. The largest absolute Gasteiger partial charge is 0.497 e. The maximum atomic E-state index is 12.8. The van der Waals surface area contributed by atoms with Crippen molar-refractivity contribution >= 4 is 17.6 Å². The van der Waals surface area contributed by atoms with Gasteiger partial charge in [0.1, 0.15) is 11.8 Å². The van der Waals surface area contributed by atoms with E-state index in [-0.39, 0.29) is 11.9 Å². The average molecular weight is 371 g/mol. The van der Waals surface area contributed by atoms with Gasteiger partial charge in [-0.15, -0.1) is 0 Å². The fourth-order valence-corrected chi connectivity index (χ4v) is 3.73. The summed E-state index contributed by atoms with van der Waals surface area (Å²) in [7, 11) is 1.62. The molecule has 0 saturated carbocycles. The maximum Gasteiger partial charge on any atom is 0.318 e. The third-order valence-electron chi connectivity index (χ3n) is 5.41. The van der Waals surface area contributed by atoms with Crippen molar-refractivity contribution in [1.29, 1.82) is 0 Å². The summed E-state index contributed by atoms with van der Waals surface area (Å²) in [5.74, 6) is 0.696. The van der Waals surface area contributed by atoms with Crippen molar-refractivity contribution in [3.05, 3.63) is 35.9 Å². The fraction of sp³-hybridized carbons (Fsp3) is 0.524. The molecule has 1 aromatic carbocycles. The molecule has 27 heavy (non-hydrogen) atoms. The number of hydrogen-bond donors (Lipinski definition) is 1. The van der Waals surface area contributed by atoms with Gasteiger partial charge < -0.3 is 19.9 Å². The number of amides is 3. The van der Waals surface area contributed by atoms with Gasteiger partial charge in [0.15, 0.2) is 0 Å². The van der Waals surface area contributed by atoms with Crippen LogP contribution in [-0.4, -0.2) is 49.6 Å². The minimum absolute atomic E-state index is 0.0587. The summed E-state index contributed by atoms with van der Waals surface area (Å²) in [6.45, 7) is 3.44. The number of methoxy groups -OCH3 is 1. The SMILES string of the molecule is COc1ccc(N2CCN(C(=O)NCCC3=CCCCC3)C(C)C2=O)cc1. The second-order valence-corrected chi connectivity index (χ2v) is 7.15. The number of carbonyl (C=O) groups excluding carboxylic acids is 2. The molecule has 1 aliphatic carbocycles. The first-order valence-electron chi connectivity index (χ1n) is 9.78. The predicted molar refractivity (Wildman–Crippen MR) is 106 cm³/mol. The van der Waals surface area contributed by atoms with E-state index in [0.29, 0.717) is 19.6 Å². The van der Waals surface area contributed by atoms with E-state index in [2.05, 4.69) is 11.4 Å². The van der Waals surface area contributed by atoms with E-state index in [9.17, 15) is 9.59 Å². The molecule has 6 heteroatoms. The Bertz CT molecular complexity index is 699. The second-order valence-electron chi connectivity index (χ2n) is 7.15. The van der Waals surface area contributed by atoms with Crippen molar-refractivity contribution in [2.75, 3.05) is 31.6 Å². The van der Waals surface area contributed by atoms with E-state index in [1.165, 1.54) is 18.4 Å². The van der Waals surface area contributed by atoms with Gasteiger partial charge in [-0.1, -0.05) is 11.6 Å². The number of carbonyl (C=O) groups is 2. The molecule has 146 valence electrons. The van der Waals surface area contributed by atoms with Crippen LogP contribution in [0, 0.1) is 0 Å². The summed E-state index contributed by atoms with van der Waals surface area (Å²) in [6.07, 6.45) is 8.02. The number of anilines is 1. The van der Waals surface area contributed by atoms with E-state index >= 15 is 0 Å². The Balaban J connectivity index is 1.53. The van der Waals surface area contributed by atoms with Crippen LogP contribution in [-0.2, 0) is 4.79 Å². The van der Waals surface area contributed by atoms with E-state index in [1.54, 1.807) is 23.8 Å². The summed E-state index contributed by atoms with van der Waals surface area (Å²) < 4.78 is 5.17. The molecule has 1 atom stereocenters. The number of urea groups is 1. The van der Waals surface area contributed by atoms with Crippen molar-refractivity contribution in [1.82, 2.24) is 10.2 Å². The Morgan fingerprint density at radius 3 is 2.67 bits per heavy atom. The zero-order valence-electron chi connectivity index (χ0n) is 16.2. The van der Waals surface area contributed by atoms with E-state index in [1.807, 2.05) is 24.3 Å². The van der Waals surface area contributed by atoms with Crippen LogP contribution in [0.1, 0.15) is 39.0 Å². The smallest absolute Gasteiger partial charge is 0.318 e. The Morgan fingerprint density at radius 2 is 2.00 bits per heavy atom. The van der Waals surface area contributed by atoms with Gasteiger partial charge in [-0.25, -0.2) is 4.79 Å². The Morgan fingerprint density at radius 1 is 1.22 bits per heavy atom. The Kier molecular flexibility index (Phi) is 6.37. The first-order valence-corrected chi connectivity index (χ1v) is 9.78. The van der Waals surface area contributed by atoms with Crippen LogP contribution in [0.3, 0.4) is 0 Å². The molecule has 0 aromatic heterocycles. The molecule has 3 amide bonds. The maximum absolute atomic E-state index is 12.8. The molecule has 3 rings (SSSR count). The van der Waals surface area contributed by atoms with E-state index < -0.39 is 6.04 Å². The first kappa shape index (κ1) is 19.3. The highest BCUT2D eigenvalue weighted by molar-refractivity contribution is 6.00. The third-order valence-corrected chi connectivity index (χ3v) is 5.41. The zero-order chi connectivity index (χ0) is 19.2. The number of ether oxygens (including phenoxy) is 1. The van der Waals surface area contributed by atoms with Gasteiger partial charge in [0, 0.05) is 25.3 Å². The standard InChI is InChI=1S/C21H29N3O3/c1-16-20(25)24(18-8-10-19(27-2)11-9-18)15-14-23(16)21(26)22-13-12-17-6-4-3-5-7-17/h6,8-11,16H,3-5,7,12-15H2,1-2H3,(H,22,26). The second kappa shape index (κ2) is 8.93. The van der Waals surface area contributed by atoms with Crippen molar-refractivity contribution in [3.63, 3.8) is 0 Å². The van der Waals surface area contributed by atoms with Gasteiger partial charge in [0.25, 0.3) is 0 Å². The number of nitrogens with zero attached hydrogens (tertiary/aromatic N) is 2. The highest BCUT2D eigenvalue weighted by Crippen LogP contribution is 2.23. The number of hydrogen-bond acceptors (Lipinski definition) is 3. The average Bonchev–Trinajstić information content (AvgIpc) is 2.71. The Labute approximate surface area is 161 Å². The highest BCUT2D eigenvalue weighted by atomic mass is 16.5.